The first-order chi connectivity index (χ1) is 6.43. The molecule has 0 bridgehead atoms. The van der Waals surface area contributed by atoms with Crippen molar-refractivity contribution in [2.75, 3.05) is 0 Å². The van der Waals surface area contributed by atoms with Gasteiger partial charge in [0.2, 0.25) is 0 Å². The smallest absolute Gasteiger partial charge is 0.323 e. The van der Waals surface area contributed by atoms with E-state index in [0.717, 1.165) is 18.3 Å². The summed E-state index contributed by atoms with van der Waals surface area (Å²) in [4.78, 5) is 0. The van der Waals surface area contributed by atoms with Crippen LogP contribution in [-0.2, 0) is 6.18 Å². The maximum Gasteiger partial charge on any atom is 0.416 e. The molecule has 6 heteroatoms. The molecule has 0 amide bonds. The van der Waals surface area contributed by atoms with E-state index in [1.807, 2.05) is 0 Å². The van der Waals surface area contributed by atoms with E-state index in [2.05, 4.69) is 5.10 Å². The molecule has 1 aromatic rings. The fourth-order valence-electron chi connectivity index (χ4n) is 0.937. The largest absolute Gasteiger partial charge is 0.416 e. The molecule has 0 saturated heterocycles. The summed E-state index contributed by atoms with van der Waals surface area (Å²) in [7, 11) is 0. The lowest BCUT2D eigenvalue weighted by atomic mass is 10.1. The molecule has 14 heavy (non-hydrogen) atoms. The van der Waals surface area contributed by atoms with E-state index < -0.39 is 17.6 Å². The van der Waals surface area contributed by atoms with Crippen molar-refractivity contribution in [3.63, 3.8) is 0 Å². The summed E-state index contributed by atoms with van der Waals surface area (Å²) < 4.78 is 49.1. The quantitative estimate of drug-likeness (QED) is 0.325. The Balaban J connectivity index is 3.20. The second-order valence-electron chi connectivity index (χ2n) is 2.55. The highest BCUT2D eigenvalue weighted by Crippen LogP contribution is 2.30. The first-order valence-electron chi connectivity index (χ1n) is 3.54. The lowest BCUT2D eigenvalue weighted by Gasteiger charge is -2.06. The Hall–Kier alpha value is -1.59. The van der Waals surface area contributed by atoms with Gasteiger partial charge in [-0.15, -0.1) is 0 Å². The molecular weight excluding hydrogens is 200 g/mol. The predicted octanol–water partition coefficient (Wildman–Crippen LogP) is 2.14. The van der Waals surface area contributed by atoms with Crippen molar-refractivity contribution < 1.29 is 17.6 Å². The third-order valence-electron chi connectivity index (χ3n) is 1.47. The molecule has 1 aromatic carbocycles. The molecule has 76 valence electrons. The van der Waals surface area contributed by atoms with Gasteiger partial charge in [-0.25, -0.2) is 4.39 Å². The number of nitrogens with zero attached hydrogens (tertiary/aromatic N) is 1. The fraction of sp³-hybridized carbons (Fsp3) is 0.125. The minimum absolute atomic E-state index is 0.0279. The van der Waals surface area contributed by atoms with E-state index in [4.69, 9.17) is 5.84 Å². The van der Waals surface area contributed by atoms with Gasteiger partial charge in [-0.3, -0.25) is 0 Å². The standard InChI is InChI=1S/C8H6F4N2/c9-7-2-5(4-14-13)1-6(3-7)8(10,11)12/h1-4H,13H2/b14-4+. The van der Waals surface area contributed by atoms with Crippen LogP contribution in [0.4, 0.5) is 17.6 Å². The van der Waals surface area contributed by atoms with Crippen LogP contribution in [0.1, 0.15) is 11.1 Å². The zero-order chi connectivity index (χ0) is 10.8. The number of hydrazone groups is 1. The van der Waals surface area contributed by atoms with Crippen LogP contribution in [0.25, 0.3) is 0 Å². The van der Waals surface area contributed by atoms with Crippen molar-refractivity contribution in [3.8, 4) is 0 Å². The normalized spacial score (nSPS) is 12.3. The van der Waals surface area contributed by atoms with Gasteiger partial charge in [0.25, 0.3) is 0 Å². The van der Waals surface area contributed by atoms with Gasteiger partial charge in [0, 0.05) is 0 Å². The molecule has 2 N–H and O–H groups in total. The van der Waals surface area contributed by atoms with Crippen molar-refractivity contribution in [1.29, 1.82) is 0 Å². The van der Waals surface area contributed by atoms with Crippen molar-refractivity contribution in [1.82, 2.24) is 0 Å². The molecule has 0 aromatic heterocycles. The van der Waals surface area contributed by atoms with Crippen LogP contribution in [0.15, 0.2) is 23.3 Å². The number of rotatable bonds is 1. The second-order valence-corrected chi connectivity index (χ2v) is 2.55. The highest BCUT2D eigenvalue weighted by atomic mass is 19.4. The highest BCUT2D eigenvalue weighted by Gasteiger charge is 2.31. The zero-order valence-corrected chi connectivity index (χ0v) is 6.85. The number of halogens is 4. The highest BCUT2D eigenvalue weighted by molar-refractivity contribution is 5.79. The third-order valence-corrected chi connectivity index (χ3v) is 1.47. The Kier molecular flexibility index (Phi) is 2.73. The molecule has 1 rings (SSSR count). The summed E-state index contributed by atoms with van der Waals surface area (Å²) in [5.41, 5.74) is -1.09. The van der Waals surface area contributed by atoms with Crippen molar-refractivity contribution in [2.24, 2.45) is 10.9 Å². The molecular formula is C8H6F4N2. The fourth-order valence-corrected chi connectivity index (χ4v) is 0.937. The second kappa shape index (κ2) is 3.65. The topological polar surface area (TPSA) is 38.4 Å². The molecule has 0 radical (unpaired) electrons. The van der Waals surface area contributed by atoms with E-state index in [1.165, 1.54) is 0 Å². The Labute approximate surface area is 77.0 Å². The van der Waals surface area contributed by atoms with Gasteiger partial charge in [0.15, 0.2) is 0 Å². The van der Waals surface area contributed by atoms with E-state index in [9.17, 15) is 17.6 Å². The van der Waals surface area contributed by atoms with Crippen LogP contribution < -0.4 is 5.84 Å². The molecule has 0 aliphatic heterocycles. The number of benzene rings is 1. The van der Waals surface area contributed by atoms with Crippen LogP contribution in [0.5, 0.6) is 0 Å². The molecule has 0 heterocycles. The number of alkyl halides is 3. The number of hydrogen-bond acceptors (Lipinski definition) is 2. The maximum absolute atomic E-state index is 12.7. The lowest BCUT2D eigenvalue weighted by Crippen LogP contribution is -2.06. The molecule has 0 fully saturated rings. The SMILES string of the molecule is N/N=C/c1cc(F)cc(C(F)(F)F)c1. The Morgan fingerprint density at radius 2 is 1.86 bits per heavy atom. The molecule has 0 spiro atoms. The van der Waals surface area contributed by atoms with E-state index in [1.54, 1.807) is 0 Å². The molecule has 0 aliphatic carbocycles. The number of nitrogens with two attached hydrogens (primary N) is 1. The Morgan fingerprint density at radius 3 is 2.36 bits per heavy atom. The van der Waals surface area contributed by atoms with E-state index in [-0.39, 0.29) is 5.56 Å². The van der Waals surface area contributed by atoms with Crippen molar-refractivity contribution >= 4 is 6.21 Å². The minimum atomic E-state index is -4.57. The first-order valence-corrected chi connectivity index (χ1v) is 3.54. The van der Waals surface area contributed by atoms with Crippen LogP contribution in [0.2, 0.25) is 0 Å². The molecule has 0 aliphatic rings. The zero-order valence-electron chi connectivity index (χ0n) is 6.85. The van der Waals surface area contributed by atoms with Crippen molar-refractivity contribution in [2.45, 2.75) is 6.18 Å². The van der Waals surface area contributed by atoms with Crippen LogP contribution in [-0.4, -0.2) is 6.21 Å². The molecule has 0 atom stereocenters. The van der Waals surface area contributed by atoms with Crippen LogP contribution >= 0.6 is 0 Å². The summed E-state index contributed by atoms with van der Waals surface area (Å²) in [6.45, 7) is 0. The predicted molar refractivity (Wildman–Crippen MR) is 43.2 cm³/mol. The lowest BCUT2D eigenvalue weighted by molar-refractivity contribution is -0.137. The summed E-state index contributed by atoms with van der Waals surface area (Å²) in [6, 6.07) is 2.08. The molecule has 0 unspecified atom stereocenters. The van der Waals surface area contributed by atoms with Gasteiger partial charge >= 0.3 is 6.18 Å². The average molecular weight is 206 g/mol. The summed E-state index contributed by atoms with van der Waals surface area (Å²) in [5.74, 6) is 3.76. The average Bonchev–Trinajstić information content (AvgIpc) is 2.02. The molecule has 2 nitrogen and oxygen atoms in total. The van der Waals surface area contributed by atoms with Gasteiger partial charge in [0.05, 0.1) is 11.8 Å². The van der Waals surface area contributed by atoms with Gasteiger partial charge < -0.3 is 5.84 Å². The summed E-state index contributed by atoms with van der Waals surface area (Å²) in [6.07, 6.45) is -3.63. The van der Waals surface area contributed by atoms with E-state index >= 15 is 0 Å². The van der Waals surface area contributed by atoms with Gasteiger partial charge in [-0.2, -0.15) is 18.3 Å². The Morgan fingerprint density at radius 1 is 1.21 bits per heavy atom. The Bertz CT molecular complexity index is 357. The van der Waals surface area contributed by atoms with Gasteiger partial charge in [0.1, 0.15) is 5.82 Å². The summed E-state index contributed by atoms with van der Waals surface area (Å²) >= 11 is 0. The summed E-state index contributed by atoms with van der Waals surface area (Å²) in [5, 5.41) is 3.01. The first kappa shape index (κ1) is 10.5. The third kappa shape index (κ3) is 2.45. The van der Waals surface area contributed by atoms with Gasteiger partial charge in [-0.05, 0) is 23.8 Å². The van der Waals surface area contributed by atoms with Crippen molar-refractivity contribution in [3.05, 3.63) is 35.1 Å². The number of hydrogen-bond donors (Lipinski definition) is 1. The van der Waals surface area contributed by atoms with Crippen LogP contribution in [0.3, 0.4) is 0 Å². The maximum atomic E-state index is 12.7. The van der Waals surface area contributed by atoms with Gasteiger partial charge in [-0.1, -0.05) is 0 Å². The van der Waals surface area contributed by atoms with Crippen LogP contribution in [0, 0.1) is 5.82 Å². The molecule has 0 saturated carbocycles. The monoisotopic (exact) mass is 206 g/mol. The van der Waals surface area contributed by atoms with E-state index in [0.29, 0.717) is 6.07 Å². The minimum Gasteiger partial charge on any atom is -0.323 e.